The summed E-state index contributed by atoms with van der Waals surface area (Å²) >= 11 is 3.45. The normalized spacial score (nSPS) is 12.2. The summed E-state index contributed by atoms with van der Waals surface area (Å²) in [6, 6.07) is 28.8. The first kappa shape index (κ1) is 30.3. The molecule has 0 saturated heterocycles. The van der Waals surface area contributed by atoms with Gasteiger partial charge in [0.25, 0.3) is 0 Å². The average Bonchev–Trinajstić information content (AvgIpc) is 2.94. The molecule has 7 nitrogen and oxygen atoms in total. The fourth-order valence-corrected chi connectivity index (χ4v) is 5.87. The Bertz CT molecular complexity index is 1600. The predicted molar refractivity (Wildman–Crippen MR) is 168 cm³/mol. The van der Waals surface area contributed by atoms with Gasteiger partial charge < -0.3 is 10.2 Å². The van der Waals surface area contributed by atoms with Crippen LogP contribution < -0.4 is 9.62 Å². The molecule has 0 aliphatic rings. The van der Waals surface area contributed by atoms with Gasteiger partial charge in [0, 0.05) is 28.9 Å². The third-order valence-corrected chi connectivity index (χ3v) is 8.34. The van der Waals surface area contributed by atoms with Crippen molar-refractivity contribution in [1.82, 2.24) is 10.2 Å². The van der Waals surface area contributed by atoms with Crippen molar-refractivity contribution < 1.29 is 18.0 Å². The number of rotatable bonds is 11. The zero-order valence-electron chi connectivity index (χ0n) is 23.3. The molecule has 214 valence electrons. The van der Waals surface area contributed by atoms with Crippen LogP contribution in [0.5, 0.6) is 0 Å². The van der Waals surface area contributed by atoms with E-state index in [4.69, 9.17) is 0 Å². The van der Waals surface area contributed by atoms with Crippen molar-refractivity contribution >= 4 is 54.2 Å². The number of benzene rings is 4. The van der Waals surface area contributed by atoms with Crippen molar-refractivity contribution in [3.8, 4) is 0 Å². The predicted octanol–water partition coefficient (Wildman–Crippen LogP) is 5.53. The lowest BCUT2D eigenvalue weighted by atomic mass is 10.0. The minimum Gasteiger partial charge on any atom is -0.352 e. The molecule has 4 aromatic rings. The van der Waals surface area contributed by atoms with Crippen molar-refractivity contribution in [3.05, 3.63) is 113 Å². The van der Waals surface area contributed by atoms with Crippen molar-refractivity contribution in [3.63, 3.8) is 0 Å². The molecule has 9 heteroatoms. The minimum atomic E-state index is -3.86. The maximum Gasteiger partial charge on any atom is 0.244 e. The van der Waals surface area contributed by atoms with Crippen molar-refractivity contribution in [2.75, 3.05) is 17.1 Å². The average molecular weight is 637 g/mol. The van der Waals surface area contributed by atoms with Crippen LogP contribution in [-0.4, -0.2) is 50.0 Å². The van der Waals surface area contributed by atoms with Crippen LogP contribution in [0.25, 0.3) is 10.8 Å². The maximum atomic E-state index is 14.2. The van der Waals surface area contributed by atoms with Gasteiger partial charge in [0.2, 0.25) is 21.8 Å². The summed E-state index contributed by atoms with van der Waals surface area (Å²) in [4.78, 5) is 29.4. The van der Waals surface area contributed by atoms with Gasteiger partial charge >= 0.3 is 0 Å². The summed E-state index contributed by atoms with van der Waals surface area (Å²) in [7, 11) is -3.86. The molecule has 0 spiro atoms. The van der Waals surface area contributed by atoms with Crippen LogP contribution in [0.2, 0.25) is 0 Å². The number of sulfonamides is 1. The molecule has 0 radical (unpaired) electrons. The van der Waals surface area contributed by atoms with Gasteiger partial charge in [0.1, 0.15) is 12.6 Å². The number of anilines is 1. The van der Waals surface area contributed by atoms with E-state index in [0.29, 0.717) is 11.1 Å². The van der Waals surface area contributed by atoms with E-state index in [9.17, 15) is 18.0 Å². The highest BCUT2D eigenvalue weighted by Gasteiger charge is 2.33. The van der Waals surface area contributed by atoms with E-state index in [-0.39, 0.29) is 24.9 Å². The van der Waals surface area contributed by atoms with Crippen molar-refractivity contribution in [2.45, 2.75) is 38.9 Å². The quantitative estimate of drug-likeness (QED) is 0.235. The highest BCUT2D eigenvalue weighted by molar-refractivity contribution is 9.10. The number of carbonyl (C=O) groups excluding carboxylic acids is 2. The lowest BCUT2D eigenvalue weighted by Crippen LogP contribution is -2.54. The number of hydrogen-bond acceptors (Lipinski definition) is 4. The van der Waals surface area contributed by atoms with Crippen molar-refractivity contribution in [2.24, 2.45) is 0 Å². The molecule has 0 aromatic heterocycles. The molecule has 1 atom stereocenters. The van der Waals surface area contributed by atoms with Crippen LogP contribution in [-0.2, 0) is 32.6 Å². The maximum absolute atomic E-state index is 14.2. The summed E-state index contributed by atoms with van der Waals surface area (Å²) in [6.07, 6.45) is 1.36. The zero-order valence-corrected chi connectivity index (χ0v) is 25.7. The second-order valence-corrected chi connectivity index (χ2v) is 13.1. The SMILES string of the molecule is CC(C)NC(=O)C(Cc1ccccc1)N(Cc1ccc(Br)cc1)C(=O)CN(c1cccc2ccccc12)S(C)(=O)=O. The van der Waals surface area contributed by atoms with E-state index in [1.54, 1.807) is 12.1 Å². The standard InChI is InChI=1S/C32H34BrN3O4S/c1-23(2)34-32(38)30(20-24-10-5-4-6-11-24)35(21-25-16-18-27(33)19-17-25)31(37)22-36(41(3,39)40)29-15-9-13-26-12-7-8-14-28(26)29/h4-19,23,30H,20-22H2,1-3H3,(H,34,38). The second kappa shape index (κ2) is 13.3. The topological polar surface area (TPSA) is 86.8 Å². The van der Waals surface area contributed by atoms with E-state index < -0.39 is 28.5 Å². The molecule has 0 fully saturated rings. The van der Waals surface area contributed by atoms with Crippen LogP contribution in [0.3, 0.4) is 0 Å². The molecule has 41 heavy (non-hydrogen) atoms. The van der Waals surface area contributed by atoms with Gasteiger partial charge in [0.05, 0.1) is 11.9 Å². The Kier molecular flexibility index (Phi) is 9.83. The lowest BCUT2D eigenvalue weighted by Gasteiger charge is -2.34. The van der Waals surface area contributed by atoms with Crippen LogP contribution in [0, 0.1) is 0 Å². The van der Waals surface area contributed by atoms with Gasteiger partial charge in [-0.25, -0.2) is 8.42 Å². The molecule has 1 N–H and O–H groups in total. The molecule has 4 aromatic carbocycles. The van der Waals surface area contributed by atoms with Crippen LogP contribution in [0.4, 0.5) is 5.69 Å². The first-order chi connectivity index (χ1) is 19.5. The molecule has 2 amide bonds. The summed E-state index contributed by atoms with van der Waals surface area (Å²) < 4.78 is 28.3. The summed E-state index contributed by atoms with van der Waals surface area (Å²) in [6.45, 7) is 3.40. The number of hydrogen-bond donors (Lipinski definition) is 1. The number of carbonyl (C=O) groups is 2. The largest absolute Gasteiger partial charge is 0.352 e. The van der Waals surface area contributed by atoms with E-state index in [2.05, 4.69) is 21.2 Å². The Morgan fingerprint density at radius 1 is 0.829 bits per heavy atom. The highest BCUT2D eigenvalue weighted by Crippen LogP contribution is 2.29. The van der Waals surface area contributed by atoms with Gasteiger partial charge in [-0.2, -0.15) is 0 Å². The van der Waals surface area contributed by atoms with Crippen LogP contribution in [0.15, 0.2) is 102 Å². The molecule has 0 heterocycles. The number of amides is 2. The molecular formula is C32H34BrN3O4S. The van der Waals surface area contributed by atoms with Gasteiger partial charge in [-0.3, -0.25) is 13.9 Å². The fourth-order valence-electron chi connectivity index (χ4n) is 4.74. The van der Waals surface area contributed by atoms with Gasteiger partial charge in [-0.15, -0.1) is 0 Å². The Morgan fingerprint density at radius 2 is 1.46 bits per heavy atom. The molecule has 1 unspecified atom stereocenters. The van der Waals surface area contributed by atoms with E-state index in [0.717, 1.165) is 31.5 Å². The van der Waals surface area contributed by atoms with Gasteiger partial charge in [0.15, 0.2) is 0 Å². The number of halogens is 1. The van der Waals surface area contributed by atoms with Gasteiger partial charge in [-0.1, -0.05) is 94.8 Å². The molecule has 4 rings (SSSR count). The molecule has 0 aliphatic carbocycles. The zero-order chi connectivity index (χ0) is 29.6. The smallest absolute Gasteiger partial charge is 0.244 e. The van der Waals surface area contributed by atoms with Crippen LogP contribution >= 0.6 is 15.9 Å². The molecule has 0 saturated carbocycles. The third-order valence-electron chi connectivity index (χ3n) is 6.68. The lowest BCUT2D eigenvalue weighted by molar-refractivity contribution is -0.140. The summed E-state index contributed by atoms with van der Waals surface area (Å²) in [5, 5.41) is 4.53. The van der Waals surface area contributed by atoms with Gasteiger partial charge in [-0.05, 0) is 48.6 Å². The number of nitrogens with one attached hydrogen (secondary N) is 1. The molecular weight excluding hydrogens is 602 g/mol. The summed E-state index contributed by atoms with van der Waals surface area (Å²) in [5.41, 5.74) is 2.11. The van der Waals surface area contributed by atoms with E-state index >= 15 is 0 Å². The Hall–Kier alpha value is -3.69. The molecule has 0 aliphatic heterocycles. The summed E-state index contributed by atoms with van der Waals surface area (Å²) in [5.74, 6) is -0.781. The third kappa shape index (κ3) is 7.95. The first-order valence-electron chi connectivity index (χ1n) is 13.4. The van der Waals surface area contributed by atoms with E-state index in [1.807, 2.05) is 98.8 Å². The Balaban J connectivity index is 1.78. The molecule has 0 bridgehead atoms. The highest BCUT2D eigenvalue weighted by atomic mass is 79.9. The minimum absolute atomic E-state index is 0.127. The second-order valence-electron chi connectivity index (χ2n) is 10.3. The Labute approximate surface area is 250 Å². The number of fused-ring (bicyclic) bond motifs is 1. The number of nitrogens with zero attached hydrogens (tertiary/aromatic N) is 2. The van der Waals surface area contributed by atoms with E-state index in [1.165, 1.54) is 4.90 Å². The van der Waals surface area contributed by atoms with Crippen LogP contribution in [0.1, 0.15) is 25.0 Å². The fraction of sp³-hybridized carbons (Fsp3) is 0.250. The Morgan fingerprint density at radius 3 is 2.12 bits per heavy atom. The van der Waals surface area contributed by atoms with Crippen molar-refractivity contribution in [1.29, 1.82) is 0 Å². The first-order valence-corrected chi connectivity index (χ1v) is 16.0. The monoisotopic (exact) mass is 635 g/mol.